The van der Waals surface area contributed by atoms with Crippen LogP contribution in [0.1, 0.15) is 5.56 Å². The number of aromatic nitrogens is 1. The van der Waals surface area contributed by atoms with Crippen LogP contribution in [-0.2, 0) is 6.42 Å². The number of nitrogens with one attached hydrogen (secondary N) is 1. The standard InChI is InChI=1S/C7H5ClN2O/c8-6-3-5(1-2-9)4-7(11)10-6/h3-4H,1H2,(H,10,11). The highest BCUT2D eigenvalue weighted by Gasteiger charge is 1.95. The number of hydrogen-bond acceptors (Lipinski definition) is 2. The van der Waals surface area contributed by atoms with Gasteiger partial charge in [0, 0.05) is 6.07 Å². The van der Waals surface area contributed by atoms with Crippen LogP contribution in [0.3, 0.4) is 0 Å². The molecular formula is C7H5ClN2O. The fourth-order valence-corrected chi connectivity index (χ4v) is 0.989. The van der Waals surface area contributed by atoms with Crippen molar-refractivity contribution < 1.29 is 0 Å². The lowest BCUT2D eigenvalue weighted by atomic mass is 10.2. The second-order valence-corrected chi connectivity index (χ2v) is 2.44. The minimum atomic E-state index is -0.275. The average Bonchev–Trinajstić information content (AvgIpc) is 1.85. The van der Waals surface area contributed by atoms with Gasteiger partial charge in [-0.2, -0.15) is 5.26 Å². The number of H-pyrrole nitrogens is 1. The molecule has 3 nitrogen and oxygen atoms in total. The molecule has 11 heavy (non-hydrogen) atoms. The molecule has 0 fully saturated rings. The predicted octanol–water partition coefficient (Wildman–Crippen LogP) is 1.09. The van der Waals surface area contributed by atoms with Gasteiger partial charge in [0.25, 0.3) is 0 Å². The number of halogens is 1. The van der Waals surface area contributed by atoms with E-state index in [1.807, 2.05) is 6.07 Å². The van der Waals surface area contributed by atoms with Crippen molar-refractivity contribution >= 4 is 11.6 Å². The molecule has 56 valence electrons. The van der Waals surface area contributed by atoms with E-state index in [9.17, 15) is 4.79 Å². The number of rotatable bonds is 1. The largest absolute Gasteiger partial charge is 0.313 e. The molecule has 0 saturated heterocycles. The van der Waals surface area contributed by atoms with Crippen molar-refractivity contribution in [2.24, 2.45) is 0 Å². The molecule has 0 amide bonds. The van der Waals surface area contributed by atoms with E-state index in [0.717, 1.165) is 0 Å². The van der Waals surface area contributed by atoms with Gasteiger partial charge in [-0.25, -0.2) is 0 Å². The Balaban J connectivity index is 3.11. The quantitative estimate of drug-likeness (QED) is 0.639. The van der Waals surface area contributed by atoms with Gasteiger partial charge in [0.05, 0.1) is 12.5 Å². The van der Waals surface area contributed by atoms with Crippen molar-refractivity contribution in [2.75, 3.05) is 0 Å². The van der Waals surface area contributed by atoms with E-state index in [4.69, 9.17) is 16.9 Å². The first-order valence-corrected chi connectivity index (χ1v) is 3.36. The van der Waals surface area contributed by atoms with E-state index in [1.54, 1.807) is 6.07 Å². The molecule has 0 spiro atoms. The topological polar surface area (TPSA) is 56.6 Å². The number of pyridine rings is 1. The maximum atomic E-state index is 10.7. The highest BCUT2D eigenvalue weighted by Crippen LogP contribution is 2.03. The fourth-order valence-electron chi connectivity index (χ4n) is 0.756. The molecular weight excluding hydrogens is 164 g/mol. The van der Waals surface area contributed by atoms with Gasteiger partial charge in [-0.3, -0.25) is 4.79 Å². The molecule has 1 aromatic rings. The monoisotopic (exact) mass is 168 g/mol. The van der Waals surface area contributed by atoms with Crippen LogP contribution in [0.15, 0.2) is 16.9 Å². The fraction of sp³-hybridized carbons (Fsp3) is 0.143. The van der Waals surface area contributed by atoms with E-state index in [-0.39, 0.29) is 17.1 Å². The van der Waals surface area contributed by atoms with Crippen molar-refractivity contribution in [3.05, 3.63) is 33.2 Å². The third-order valence-electron chi connectivity index (χ3n) is 1.15. The summed E-state index contributed by atoms with van der Waals surface area (Å²) >= 11 is 5.52. The van der Waals surface area contributed by atoms with Crippen LogP contribution in [0.2, 0.25) is 5.15 Å². The Labute approximate surface area is 68.2 Å². The Morgan fingerprint density at radius 2 is 2.36 bits per heavy atom. The third kappa shape index (κ3) is 2.10. The first kappa shape index (κ1) is 7.83. The van der Waals surface area contributed by atoms with Crippen LogP contribution in [0.4, 0.5) is 0 Å². The van der Waals surface area contributed by atoms with Crippen LogP contribution >= 0.6 is 11.6 Å². The van der Waals surface area contributed by atoms with Crippen LogP contribution in [0, 0.1) is 11.3 Å². The van der Waals surface area contributed by atoms with Crippen molar-refractivity contribution in [2.45, 2.75) is 6.42 Å². The molecule has 0 atom stereocenters. The normalized spacial score (nSPS) is 9.09. The molecule has 4 heteroatoms. The number of nitriles is 1. The van der Waals surface area contributed by atoms with E-state index in [2.05, 4.69) is 4.98 Å². The molecule has 0 radical (unpaired) electrons. The number of hydrogen-bond donors (Lipinski definition) is 1. The smallest absolute Gasteiger partial charge is 0.249 e. The summed E-state index contributed by atoms with van der Waals surface area (Å²) in [5.41, 5.74) is 0.365. The summed E-state index contributed by atoms with van der Waals surface area (Å²) in [6, 6.07) is 4.84. The van der Waals surface area contributed by atoms with E-state index >= 15 is 0 Å². The van der Waals surface area contributed by atoms with Crippen molar-refractivity contribution in [3.63, 3.8) is 0 Å². The van der Waals surface area contributed by atoms with Gasteiger partial charge in [-0.05, 0) is 11.6 Å². The molecule has 0 aromatic carbocycles. The Bertz CT molecular complexity index is 350. The summed E-state index contributed by atoms with van der Waals surface area (Å²) in [5.74, 6) is 0. The van der Waals surface area contributed by atoms with Gasteiger partial charge in [0.1, 0.15) is 5.15 Å². The van der Waals surface area contributed by atoms with Crippen LogP contribution in [0.5, 0.6) is 0 Å². The molecule has 1 aromatic heterocycles. The van der Waals surface area contributed by atoms with Crippen molar-refractivity contribution in [3.8, 4) is 6.07 Å². The molecule has 1 N–H and O–H groups in total. The van der Waals surface area contributed by atoms with Gasteiger partial charge in [-0.1, -0.05) is 11.6 Å². The second kappa shape index (κ2) is 3.22. The molecule has 0 unspecified atom stereocenters. The minimum Gasteiger partial charge on any atom is -0.313 e. The van der Waals surface area contributed by atoms with Crippen LogP contribution in [-0.4, -0.2) is 4.98 Å². The number of nitrogens with zero attached hydrogens (tertiary/aromatic N) is 1. The van der Waals surface area contributed by atoms with Crippen LogP contribution in [0.25, 0.3) is 0 Å². The minimum absolute atomic E-state index is 0.212. The summed E-state index contributed by atoms with van der Waals surface area (Å²) in [6.45, 7) is 0. The molecule has 0 aliphatic rings. The maximum Gasteiger partial charge on any atom is 0.249 e. The summed E-state index contributed by atoms with van der Waals surface area (Å²) in [7, 11) is 0. The summed E-state index contributed by atoms with van der Waals surface area (Å²) in [6.07, 6.45) is 0.212. The lowest BCUT2D eigenvalue weighted by Crippen LogP contribution is -2.05. The first-order chi connectivity index (χ1) is 5.22. The van der Waals surface area contributed by atoms with Gasteiger partial charge < -0.3 is 4.98 Å². The van der Waals surface area contributed by atoms with Crippen molar-refractivity contribution in [1.29, 1.82) is 5.26 Å². The zero-order valence-corrected chi connectivity index (χ0v) is 6.35. The van der Waals surface area contributed by atoms with E-state index in [1.165, 1.54) is 6.07 Å². The van der Waals surface area contributed by atoms with E-state index < -0.39 is 0 Å². The molecule has 1 heterocycles. The zero-order valence-electron chi connectivity index (χ0n) is 5.60. The molecule has 1 rings (SSSR count). The average molecular weight is 169 g/mol. The van der Waals surface area contributed by atoms with Gasteiger partial charge >= 0.3 is 0 Å². The molecule has 0 aliphatic heterocycles. The third-order valence-corrected chi connectivity index (χ3v) is 1.36. The van der Waals surface area contributed by atoms with Crippen LogP contribution < -0.4 is 5.56 Å². The van der Waals surface area contributed by atoms with Gasteiger partial charge in [0.15, 0.2) is 0 Å². The zero-order chi connectivity index (χ0) is 8.27. The van der Waals surface area contributed by atoms with Crippen molar-refractivity contribution in [1.82, 2.24) is 4.98 Å². The van der Waals surface area contributed by atoms with E-state index in [0.29, 0.717) is 5.56 Å². The lowest BCUT2D eigenvalue weighted by molar-refractivity contribution is 1.17. The summed E-state index contributed by atoms with van der Waals surface area (Å²) in [4.78, 5) is 13.1. The van der Waals surface area contributed by atoms with Gasteiger partial charge in [0.2, 0.25) is 5.56 Å². The predicted molar refractivity (Wildman–Crippen MR) is 41.4 cm³/mol. The highest BCUT2D eigenvalue weighted by molar-refractivity contribution is 6.29. The molecule has 0 aliphatic carbocycles. The Hall–Kier alpha value is -1.27. The Morgan fingerprint density at radius 3 is 2.91 bits per heavy atom. The van der Waals surface area contributed by atoms with Gasteiger partial charge in [-0.15, -0.1) is 0 Å². The first-order valence-electron chi connectivity index (χ1n) is 2.98. The summed E-state index contributed by atoms with van der Waals surface area (Å²) < 4.78 is 0. The lowest BCUT2D eigenvalue weighted by Gasteiger charge is -1.92. The molecule has 0 bridgehead atoms. The Morgan fingerprint density at radius 1 is 1.64 bits per heavy atom. The SMILES string of the molecule is N#CCc1cc(Cl)[nH]c(=O)c1. The Kier molecular flexibility index (Phi) is 2.29. The number of aromatic amines is 1. The molecule has 0 saturated carbocycles. The maximum absolute atomic E-state index is 10.7. The highest BCUT2D eigenvalue weighted by atomic mass is 35.5. The summed E-state index contributed by atoms with van der Waals surface area (Å²) in [5, 5.41) is 8.56. The second-order valence-electron chi connectivity index (χ2n) is 2.04.